The standard InChI is InChI=1S/C11H13N3O4S/c1-7-10(12)11(15)14(13(7)2)8-4-3-5-9(6-8)19(16,17)18/h3-6H,12H2,1-2H3,(H,16,17,18). The number of anilines is 1. The average Bonchev–Trinajstić information content (AvgIpc) is 2.53. The van der Waals surface area contributed by atoms with Crippen LogP contribution in [0.25, 0.3) is 5.69 Å². The van der Waals surface area contributed by atoms with E-state index in [1.165, 1.54) is 27.6 Å². The van der Waals surface area contributed by atoms with Crippen molar-refractivity contribution in [1.82, 2.24) is 9.36 Å². The summed E-state index contributed by atoms with van der Waals surface area (Å²) >= 11 is 0. The van der Waals surface area contributed by atoms with E-state index in [4.69, 9.17) is 10.3 Å². The van der Waals surface area contributed by atoms with Crippen molar-refractivity contribution in [3.05, 3.63) is 40.3 Å². The van der Waals surface area contributed by atoms with Gasteiger partial charge in [-0.15, -0.1) is 0 Å². The van der Waals surface area contributed by atoms with Gasteiger partial charge in [0, 0.05) is 7.05 Å². The Balaban J connectivity index is 2.75. The van der Waals surface area contributed by atoms with Crippen LogP contribution >= 0.6 is 0 Å². The third-order valence-corrected chi connectivity index (χ3v) is 3.81. The van der Waals surface area contributed by atoms with Crippen LogP contribution in [0.15, 0.2) is 34.0 Å². The molecule has 2 aromatic rings. The van der Waals surface area contributed by atoms with Gasteiger partial charge in [0.05, 0.1) is 16.3 Å². The van der Waals surface area contributed by atoms with Crippen molar-refractivity contribution in [2.75, 3.05) is 5.73 Å². The van der Waals surface area contributed by atoms with E-state index in [2.05, 4.69) is 0 Å². The molecule has 19 heavy (non-hydrogen) atoms. The summed E-state index contributed by atoms with van der Waals surface area (Å²) < 4.78 is 34.0. The fourth-order valence-corrected chi connectivity index (χ4v) is 2.32. The highest BCUT2D eigenvalue weighted by Gasteiger charge is 2.15. The van der Waals surface area contributed by atoms with Gasteiger partial charge in [-0.3, -0.25) is 14.0 Å². The topological polar surface area (TPSA) is 107 Å². The van der Waals surface area contributed by atoms with E-state index in [0.29, 0.717) is 11.4 Å². The fourth-order valence-electron chi connectivity index (χ4n) is 1.80. The number of nitrogens with zero attached hydrogens (tertiary/aromatic N) is 2. The zero-order valence-corrected chi connectivity index (χ0v) is 11.2. The molecule has 0 atom stereocenters. The summed E-state index contributed by atoms with van der Waals surface area (Å²) in [6, 6.07) is 5.43. The molecule has 2 rings (SSSR count). The Morgan fingerprint density at radius 1 is 1.32 bits per heavy atom. The number of rotatable bonds is 2. The predicted octanol–water partition coefficient (Wildman–Crippen LogP) is 0.313. The van der Waals surface area contributed by atoms with Gasteiger partial charge in [0.15, 0.2) is 0 Å². The van der Waals surface area contributed by atoms with Gasteiger partial charge in [-0.05, 0) is 25.1 Å². The van der Waals surface area contributed by atoms with E-state index in [1.807, 2.05) is 0 Å². The van der Waals surface area contributed by atoms with Crippen LogP contribution in [0.4, 0.5) is 5.69 Å². The van der Waals surface area contributed by atoms with E-state index >= 15 is 0 Å². The summed E-state index contributed by atoms with van der Waals surface area (Å²) in [4.78, 5) is 11.7. The molecule has 0 fully saturated rings. The molecule has 3 N–H and O–H groups in total. The Morgan fingerprint density at radius 2 is 1.95 bits per heavy atom. The van der Waals surface area contributed by atoms with Crippen molar-refractivity contribution in [3.8, 4) is 5.69 Å². The third kappa shape index (κ3) is 2.15. The van der Waals surface area contributed by atoms with E-state index in [0.717, 1.165) is 0 Å². The van der Waals surface area contributed by atoms with Crippen LogP contribution in [-0.4, -0.2) is 22.3 Å². The number of benzene rings is 1. The second kappa shape index (κ2) is 4.25. The molecule has 7 nitrogen and oxygen atoms in total. The molecule has 102 valence electrons. The van der Waals surface area contributed by atoms with Gasteiger partial charge in [-0.1, -0.05) is 6.07 Å². The molecule has 0 aliphatic carbocycles. The summed E-state index contributed by atoms with van der Waals surface area (Å²) in [5.41, 5.74) is 6.18. The van der Waals surface area contributed by atoms with Crippen molar-refractivity contribution in [3.63, 3.8) is 0 Å². The smallest absolute Gasteiger partial charge is 0.294 e. The molecular formula is C11H13N3O4S. The summed E-state index contributed by atoms with van der Waals surface area (Å²) in [5.74, 6) is 0. The number of nitrogen functional groups attached to an aromatic ring is 1. The number of hydrogen-bond donors (Lipinski definition) is 2. The van der Waals surface area contributed by atoms with E-state index in [-0.39, 0.29) is 10.6 Å². The summed E-state index contributed by atoms with van der Waals surface area (Å²) in [6.45, 7) is 1.68. The van der Waals surface area contributed by atoms with Crippen LogP contribution < -0.4 is 11.3 Å². The average molecular weight is 283 g/mol. The van der Waals surface area contributed by atoms with Gasteiger partial charge in [-0.2, -0.15) is 8.42 Å². The largest absolute Gasteiger partial charge is 0.393 e. The normalized spacial score (nSPS) is 11.7. The molecule has 0 amide bonds. The first kappa shape index (κ1) is 13.4. The maximum atomic E-state index is 12.0. The minimum Gasteiger partial charge on any atom is -0.393 e. The molecule has 0 saturated carbocycles. The highest BCUT2D eigenvalue weighted by atomic mass is 32.2. The molecule has 0 saturated heterocycles. The Labute approximate surface area is 109 Å². The molecular weight excluding hydrogens is 270 g/mol. The lowest BCUT2D eigenvalue weighted by atomic mass is 10.3. The molecule has 8 heteroatoms. The van der Waals surface area contributed by atoms with Crippen molar-refractivity contribution in [2.45, 2.75) is 11.8 Å². The lowest BCUT2D eigenvalue weighted by molar-refractivity contribution is 0.483. The van der Waals surface area contributed by atoms with Gasteiger partial charge < -0.3 is 5.73 Å². The molecule has 0 aliphatic rings. The van der Waals surface area contributed by atoms with Crippen molar-refractivity contribution < 1.29 is 13.0 Å². The monoisotopic (exact) mass is 283 g/mol. The second-order valence-corrected chi connectivity index (χ2v) is 5.53. The van der Waals surface area contributed by atoms with Gasteiger partial charge in [0.1, 0.15) is 5.69 Å². The molecule has 1 aromatic heterocycles. The van der Waals surface area contributed by atoms with E-state index in [1.54, 1.807) is 20.0 Å². The molecule has 1 aromatic carbocycles. The Hall–Kier alpha value is -2.06. The van der Waals surface area contributed by atoms with Crippen LogP contribution in [-0.2, 0) is 17.2 Å². The number of hydrogen-bond acceptors (Lipinski definition) is 4. The SMILES string of the molecule is Cc1c(N)c(=O)n(-c2cccc(S(=O)(=O)O)c2)n1C. The highest BCUT2D eigenvalue weighted by Crippen LogP contribution is 2.15. The first-order valence-corrected chi connectivity index (χ1v) is 6.79. The molecule has 0 spiro atoms. The predicted molar refractivity (Wildman–Crippen MR) is 70.0 cm³/mol. The minimum atomic E-state index is -4.32. The zero-order valence-electron chi connectivity index (χ0n) is 10.4. The van der Waals surface area contributed by atoms with Crippen molar-refractivity contribution in [1.29, 1.82) is 0 Å². The summed E-state index contributed by atoms with van der Waals surface area (Å²) in [7, 11) is -2.69. The van der Waals surface area contributed by atoms with Gasteiger partial charge in [-0.25, -0.2) is 4.68 Å². The lowest BCUT2D eigenvalue weighted by Crippen LogP contribution is -2.20. The van der Waals surface area contributed by atoms with E-state index < -0.39 is 15.7 Å². The zero-order chi connectivity index (χ0) is 14.4. The number of nitrogens with two attached hydrogens (primary N) is 1. The molecule has 0 bridgehead atoms. The first-order chi connectivity index (χ1) is 8.73. The van der Waals surface area contributed by atoms with Crippen molar-refractivity contribution in [2.24, 2.45) is 7.05 Å². The van der Waals surface area contributed by atoms with Crippen LogP contribution in [0.5, 0.6) is 0 Å². The maximum absolute atomic E-state index is 12.0. The first-order valence-electron chi connectivity index (χ1n) is 5.35. The van der Waals surface area contributed by atoms with Crippen LogP contribution in [0, 0.1) is 6.92 Å². The third-order valence-electron chi connectivity index (χ3n) is 2.96. The lowest BCUT2D eigenvalue weighted by Gasteiger charge is -2.08. The minimum absolute atomic E-state index is 0.0970. The van der Waals surface area contributed by atoms with Crippen LogP contribution in [0.1, 0.15) is 5.69 Å². The van der Waals surface area contributed by atoms with Crippen LogP contribution in [0.2, 0.25) is 0 Å². The summed E-state index contributed by atoms with van der Waals surface area (Å²) in [6.07, 6.45) is 0. The summed E-state index contributed by atoms with van der Waals surface area (Å²) in [5, 5.41) is 0. The Morgan fingerprint density at radius 3 is 2.42 bits per heavy atom. The van der Waals surface area contributed by atoms with Crippen molar-refractivity contribution >= 4 is 15.8 Å². The molecule has 0 aliphatic heterocycles. The van der Waals surface area contributed by atoms with Crippen LogP contribution in [0.3, 0.4) is 0 Å². The maximum Gasteiger partial charge on any atom is 0.294 e. The Bertz CT molecular complexity index is 802. The highest BCUT2D eigenvalue weighted by molar-refractivity contribution is 7.85. The Kier molecular flexibility index (Phi) is 2.99. The van der Waals surface area contributed by atoms with Gasteiger partial charge in [0.2, 0.25) is 0 Å². The molecule has 0 radical (unpaired) electrons. The molecule has 0 unspecified atom stereocenters. The van der Waals surface area contributed by atoms with E-state index in [9.17, 15) is 13.2 Å². The quantitative estimate of drug-likeness (QED) is 0.771. The fraction of sp³-hybridized carbons (Fsp3) is 0.182. The van der Waals surface area contributed by atoms with Gasteiger partial charge in [0.25, 0.3) is 15.7 Å². The molecule has 1 heterocycles. The van der Waals surface area contributed by atoms with Gasteiger partial charge >= 0.3 is 0 Å². The number of aromatic nitrogens is 2. The second-order valence-electron chi connectivity index (χ2n) is 4.11.